The molecule has 1 fully saturated rings. The number of rotatable bonds is 3. The fourth-order valence-corrected chi connectivity index (χ4v) is 7.68. The summed E-state index contributed by atoms with van der Waals surface area (Å²) in [5, 5.41) is 0.319. The van der Waals surface area contributed by atoms with Gasteiger partial charge < -0.3 is 4.74 Å². The molecule has 0 N–H and O–H groups in total. The van der Waals surface area contributed by atoms with Gasteiger partial charge >= 0.3 is 0 Å². The van der Waals surface area contributed by atoms with Gasteiger partial charge in [0.2, 0.25) is 10.0 Å². The third kappa shape index (κ3) is 3.12. The van der Waals surface area contributed by atoms with E-state index in [4.69, 9.17) is 16.3 Å². The van der Waals surface area contributed by atoms with E-state index in [0.717, 1.165) is 22.7 Å². The van der Waals surface area contributed by atoms with Gasteiger partial charge in [0.25, 0.3) is 0 Å². The molecule has 2 heterocycles. The minimum Gasteiger partial charge on any atom is -0.490 e. The average molecular weight is 478 g/mol. The SMILES string of the molecule is CS(=O)(=O)N1CC[C@@]2(S(=O)(=O)c3ccc(Cl)cc3)c3c(F)ccc(F)c3OC[C@H]2C1. The van der Waals surface area contributed by atoms with Crippen molar-refractivity contribution in [1.29, 1.82) is 0 Å². The molecule has 2 atom stereocenters. The van der Waals surface area contributed by atoms with Crippen LogP contribution in [0.15, 0.2) is 41.3 Å². The lowest BCUT2D eigenvalue weighted by molar-refractivity contribution is 0.104. The summed E-state index contributed by atoms with van der Waals surface area (Å²) in [5.74, 6) is -3.18. The van der Waals surface area contributed by atoms with Crippen molar-refractivity contribution >= 4 is 31.5 Å². The Hall–Kier alpha value is -1.75. The van der Waals surface area contributed by atoms with Crippen molar-refractivity contribution in [1.82, 2.24) is 4.31 Å². The number of sulfonamides is 1. The van der Waals surface area contributed by atoms with E-state index >= 15 is 4.39 Å². The van der Waals surface area contributed by atoms with Crippen molar-refractivity contribution in [3.8, 4) is 5.75 Å². The van der Waals surface area contributed by atoms with Crippen LogP contribution in [0, 0.1) is 17.6 Å². The Labute approximate surface area is 178 Å². The summed E-state index contributed by atoms with van der Waals surface area (Å²) in [6, 6.07) is 7.14. The number of hydrogen-bond acceptors (Lipinski definition) is 5. The number of fused-ring (bicyclic) bond motifs is 3. The molecule has 0 aliphatic carbocycles. The highest BCUT2D eigenvalue weighted by Crippen LogP contribution is 2.54. The molecule has 0 unspecified atom stereocenters. The lowest BCUT2D eigenvalue weighted by Gasteiger charge is -2.49. The van der Waals surface area contributed by atoms with Gasteiger partial charge in [-0.2, -0.15) is 0 Å². The van der Waals surface area contributed by atoms with Gasteiger partial charge in [0.15, 0.2) is 21.4 Å². The van der Waals surface area contributed by atoms with Crippen LogP contribution in [0.25, 0.3) is 0 Å². The van der Waals surface area contributed by atoms with Crippen LogP contribution in [-0.4, -0.2) is 47.1 Å². The van der Waals surface area contributed by atoms with Crippen LogP contribution in [0.4, 0.5) is 8.78 Å². The van der Waals surface area contributed by atoms with Crippen molar-refractivity contribution in [2.75, 3.05) is 26.0 Å². The Morgan fingerprint density at radius 2 is 1.70 bits per heavy atom. The quantitative estimate of drug-likeness (QED) is 0.679. The minimum atomic E-state index is -4.29. The van der Waals surface area contributed by atoms with Crippen LogP contribution in [0.2, 0.25) is 5.02 Å². The van der Waals surface area contributed by atoms with E-state index in [0.29, 0.717) is 5.02 Å². The number of ether oxygens (including phenoxy) is 1. The molecule has 0 aromatic heterocycles. The molecule has 0 spiro atoms. The third-order valence-electron chi connectivity index (χ3n) is 5.80. The molecule has 0 bridgehead atoms. The van der Waals surface area contributed by atoms with Gasteiger partial charge in [-0.1, -0.05) is 11.6 Å². The number of sulfone groups is 1. The number of hydrogen-bond donors (Lipinski definition) is 0. The molecule has 1 saturated heterocycles. The molecule has 2 aliphatic rings. The van der Waals surface area contributed by atoms with E-state index < -0.39 is 47.9 Å². The van der Waals surface area contributed by atoms with Crippen molar-refractivity contribution < 1.29 is 30.4 Å². The first-order chi connectivity index (χ1) is 14.0. The molecule has 0 radical (unpaired) electrons. The van der Waals surface area contributed by atoms with E-state index in [-0.39, 0.29) is 36.6 Å². The highest BCUT2D eigenvalue weighted by molar-refractivity contribution is 7.92. The Kier molecular flexibility index (Phi) is 5.12. The highest BCUT2D eigenvalue weighted by Gasteiger charge is 2.60. The molecule has 0 amide bonds. The van der Waals surface area contributed by atoms with Crippen LogP contribution in [0.3, 0.4) is 0 Å². The van der Waals surface area contributed by atoms with Gasteiger partial charge in [-0.15, -0.1) is 0 Å². The van der Waals surface area contributed by atoms with Gasteiger partial charge in [-0.25, -0.2) is 29.9 Å². The van der Waals surface area contributed by atoms with Gasteiger partial charge in [-0.05, 0) is 42.8 Å². The standard InChI is InChI=1S/C19H18ClF2NO5S2/c1-29(24,25)23-9-8-19(30(26,27)14-4-2-13(20)3-5-14)12(10-23)11-28-18-16(22)7-6-15(21)17(18)19/h2-7,12H,8-11H2,1H3/t12-,19+/m1/s1. The topological polar surface area (TPSA) is 80.8 Å². The first-order valence-electron chi connectivity index (χ1n) is 9.05. The predicted octanol–water partition coefficient (Wildman–Crippen LogP) is 2.96. The summed E-state index contributed by atoms with van der Waals surface area (Å²) in [6.45, 7) is -0.620. The predicted molar refractivity (Wildman–Crippen MR) is 107 cm³/mol. The summed E-state index contributed by atoms with van der Waals surface area (Å²) in [7, 11) is -7.91. The molecular formula is C19H18ClF2NO5S2. The minimum absolute atomic E-state index is 0.110. The smallest absolute Gasteiger partial charge is 0.211 e. The second-order valence-corrected chi connectivity index (χ2v) is 12.1. The fraction of sp³-hybridized carbons (Fsp3) is 0.368. The number of benzene rings is 2. The van der Waals surface area contributed by atoms with Crippen molar-refractivity contribution in [2.45, 2.75) is 16.1 Å². The summed E-state index contributed by atoms with van der Waals surface area (Å²) in [5.41, 5.74) is -0.387. The van der Waals surface area contributed by atoms with Gasteiger partial charge in [0.1, 0.15) is 10.6 Å². The summed E-state index contributed by atoms with van der Waals surface area (Å²) in [4.78, 5) is -0.110. The second-order valence-electron chi connectivity index (χ2n) is 7.46. The summed E-state index contributed by atoms with van der Waals surface area (Å²) >= 11 is 5.88. The van der Waals surface area contributed by atoms with E-state index in [9.17, 15) is 21.2 Å². The van der Waals surface area contributed by atoms with E-state index in [1.807, 2.05) is 0 Å². The zero-order chi connectivity index (χ0) is 21.9. The monoisotopic (exact) mass is 477 g/mol. The lowest BCUT2D eigenvalue weighted by atomic mass is 9.78. The molecule has 6 nitrogen and oxygen atoms in total. The van der Waals surface area contributed by atoms with Crippen molar-refractivity contribution in [3.63, 3.8) is 0 Å². The Bertz CT molecular complexity index is 1220. The molecule has 0 saturated carbocycles. The third-order valence-corrected chi connectivity index (χ3v) is 9.91. The number of piperidine rings is 1. The lowest BCUT2D eigenvalue weighted by Crippen LogP contribution is -2.58. The van der Waals surface area contributed by atoms with Crippen LogP contribution in [0.1, 0.15) is 12.0 Å². The Balaban J connectivity index is 1.99. The van der Waals surface area contributed by atoms with E-state index in [2.05, 4.69) is 0 Å². The fourth-order valence-electron chi connectivity index (χ4n) is 4.36. The largest absolute Gasteiger partial charge is 0.490 e. The van der Waals surface area contributed by atoms with E-state index in [1.54, 1.807) is 0 Å². The maximum absolute atomic E-state index is 15.0. The summed E-state index contributed by atoms with van der Waals surface area (Å²) in [6.07, 6.45) is 0.776. The van der Waals surface area contributed by atoms with Crippen molar-refractivity contribution in [2.24, 2.45) is 5.92 Å². The second kappa shape index (κ2) is 7.15. The maximum atomic E-state index is 15.0. The normalized spacial score (nSPS) is 24.6. The van der Waals surface area contributed by atoms with Crippen molar-refractivity contribution in [3.05, 3.63) is 58.6 Å². The molecule has 2 aliphatic heterocycles. The molecule has 162 valence electrons. The van der Waals surface area contributed by atoms with Gasteiger partial charge in [-0.3, -0.25) is 0 Å². The highest BCUT2D eigenvalue weighted by atomic mass is 35.5. The van der Waals surface area contributed by atoms with Gasteiger partial charge in [0.05, 0.1) is 23.3 Å². The van der Waals surface area contributed by atoms with Gasteiger partial charge in [0, 0.05) is 24.0 Å². The maximum Gasteiger partial charge on any atom is 0.211 e. The average Bonchev–Trinajstić information content (AvgIpc) is 2.69. The molecule has 2 aromatic carbocycles. The molecule has 2 aromatic rings. The van der Waals surface area contributed by atoms with Crippen LogP contribution in [-0.2, 0) is 24.6 Å². The van der Waals surface area contributed by atoms with E-state index in [1.165, 1.54) is 24.3 Å². The molecule has 11 heteroatoms. The van der Waals surface area contributed by atoms with Crippen LogP contribution >= 0.6 is 11.6 Å². The van der Waals surface area contributed by atoms with Crippen LogP contribution < -0.4 is 4.74 Å². The molecular weight excluding hydrogens is 460 g/mol. The first-order valence-corrected chi connectivity index (χ1v) is 12.8. The Morgan fingerprint density at radius 1 is 1.07 bits per heavy atom. The number of nitrogens with zero attached hydrogens (tertiary/aromatic N) is 1. The molecule has 4 rings (SSSR count). The Morgan fingerprint density at radius 3 is 2.33 bits per heavy atom. The molecule has 30 heavy (non-hydrogen) atoms. The first kappa shape index (κ1) is 21.5. The zero-order valence-electron chi connectivity index (χ0n) is 15.8. The van der Waals surface area contributed by atoms with Crippen LogP contribution in [0.5, 0.6) is 5.75 Å². The number of halogens is 3. The summed E-state index contributed by atoms with van der Waals surface area (Å²) < 4.78 is 86.1. The zero-order valence-corrected chi connectivity index (χ0v) is 18.2.